The molecule has 9 heteroatoms. The first-order valence-electron chi connectivity index (χ1n) is 9.42. The summed E-state index contributed by atoms with van der Waals surface area (Å²) in [5.41, 5.74) is -0.955. The van der Waals surface area contributed by atoms with Crippen molar-refractivity contribution >= 4 is 50.1 Å². The van der Waals surface area contributed by atoms with Crippen LogP contribution in [-0.2, 0) is 4.79 Å². The van der Waals surface area contributed by atoms with Crippen LogP contribution < -0.4 is 18.9 Å². The molecule has 0 aliphatic carbocycles. The van der Waals surface area contributed by atoms with Gasteiger partial charge in [-0.25, -0.2) is 0 Å². The number of rotatable bonds is 7. The first-order chi connectivity index (χ1) is 11.4. The Balaban J connectivity index is -0.000000492. The molecule has 1 aliphatic heterocycles. The molecular weight excluding hydrogens is 463 g/mol. The number of hydrogen-bond donors (Lipinski definition) is 1. The third-order valence-electron chi connectivity index (χ3n) is 3.62. The van der Waals surface area contributed by atoms with Gasteiger partial charge in [0.1, 0.15) is 5.25 Å². The van der Waals surface area contributed by atoms with E-state index in [1.54, 1.807) is 25.6 Å². The number of alkyl halides is 1. The Morgan fingerprint density at radius 2 is 1.57 bits per heavy atom. The molecule has 0 spiro atoms. The average molecular weight is 508 g/mol. The number of nitrogens with zero attached hydrogens (tertiary/aromatic N) is 2. The quantitative estimate of drug-likeness (QED) is 0.327. The maximum Gasteiger partial charge on any atom is 1.00 e. The number of carbonyl (C=O) groups is 1. The molecular formula is C19H44BrLiN2O2SSi2. The molecule has 0 bridgehead atoms. The van der Waals surface area contributed by atoms with Crippen molar-refractivity contribution in [1.82, 2.24) is 4.90 Å². The molecule has 0 aromatic heterocycles. The van der Waals surface area contributed by atoms with Crippen molar-refractivity contribution in [2.45, 2.75) is 103 Å². The Labute approximate surface area is 202 Å². The molecule has 1 amide bonds. The van der Waals surface area contributed by atoms with Crippen LogP contribution in [0.15, 0.2) is 0 Å². The van der Waals surface area contributed by atoms with Crippen LogP contribution in [-0.4, -0.2) is 60.0 Å². The molecule has 0 saturated carbocycles. The van der Waals surface area contributed by atoms with Crippen LogP contribution in [0.2, 0.25) is 39.3 Å². The predicted molar refractivity (Wildman–Crippen MR) is 133 cm³/mol. The van der Waals surface area contributed by atoms with Crippen LogP contribution in [0.3, 0.4) is 0 Å². The normalized spacial score (nSPS) is 19.4. The van der Waals surface area contributed by atoms with Gasteiger partial charge in [-0.05, 0) is 40.5 Å². The van der Waals surface area contributed by atoms with E-state index in [1.165, 1.54) is 0 Å². The third-order valence-corrected chi connectivity index (χ3v) is 11.4. The molecule has 1 N–H and O–H groups in total. The standard InChI is InChI=1S/C12H22BrNO2S.C6H18NSi2.CH4.Li/c1-11(2,16)9-10(15)14(8-6-5-7-13)12(3,4)17-9;1-8(2,3)7-9(4,5)6;;/h9,16H,5-8H2,1-4H3;1-6H3;1H4;/q;-1;;+1. The number of aliphatic hydroxyl groups is 1. The van der Waals surface area contributed by atoms with Crippen molar-refractivity contribution < 1.29 is 28.8 Å². The van der Waals surface area contributed by atoms with E-state index in [-0.39, 0.29) is 42.3 Å². The molecule has 164 valence electrons. The number of thioether (sulfide) groups is 1. The maximum absolute atomic E-state index is 12.3. The zero-order valence-electron chi connectivity index (χ0n) is 19.4. The summed E-state index contributed by atoms with van der Waals surface area (Å²) in [7, 11) is -2.21. The van der Waals surface area contributed by atoms with Gasteiger partial charge in [-0.1, -0.05) is 79.1 Å². The first-order valence-corrected chi connectivity index (χ1v) is 18.3. The predicted octanol–water partition coefficient (Wildman–Crippen LogP) is 3.28. The second-order valence-corrected chi connectivity index (χ2v) is 22.0. The third kappa shape index (κ3) is 13.5. The summed E-state index contributed by atoms with van der Waals surface area (Å²) in [4.78, 5) is 14.0. The van der Waals surface area contributed by atoms with Crippen molar-refractivity contribution in [3.63, 3.8) is 0 Å². The van der Waals surface area contributed by atoms with Crippen LogP contribution in [0.1, 0.15) is 48.0 Å². The number of halogens is 1. The Kier molecular flexibility index (Phi) is 15.7. The van der Waals surface area contributed by atoms with Crippen molar-refractivity contribution in [1.29, 1.82) is 0 Å². The molecule has 0 radical (unpaired) electrons. The van der Waals surface area contributed by atoms with Gasteiger partial charge >= 0.3 is 18.9 Å². The fourth-order valence-corrected chi connectivity index (χ4v) is 12.9. The van der Waals surface area contributed by atoms with Gasteiger partial charge in [0, 0.05) is 11.9 Å². The molecule has 1 atom stereocenters. The Morgan fingerprint density at radius 3 is 1.82 bits per heavy atom. The molecule has 1 saturated heterocycles. The topological polar surface area (TPSA) is 54.6 Å². The summed E-state index contributed by atoms with van der Waals surface area (Å²) in [6.07, 6.45) is 2.07. The molecule has 1 rings (SSSR count). The molecule has 0 aromatic carbocycles. The Hall–Kier alpha value is 1.25. The van der Waals surface area contributed by atoms with Crippen molar-refractivity contribution in [2.24, 2.45) is 0 Å². The molecule has 1 heterocycles. The summed E-state index contributed by atoms with van der Waals surface area (Å²) in [6, 6.07) is 0. The fourth-order valence-electron chi connectivity index (χ4n) is 3.01. The van der Waals surface area contributed by atoms with Crippen LogP contribution in [0.4, 0.5) is 0 Å². The second-order valence-electron chi connectivity index (χ2n) is 9.94. The van der Waals surface area contributed by atoms with E-state index < -0.39 is 22.1 Å². The summed E-state index contributed by atoms with van der Waals surface area (Å²) in [5, 5.41) is 10.7. The van der Waals surface area contributed by atoms with E-state index in [0.29, 0.717) is 0 Å². The zero-order chi connectivity index (χ0) is 21.0. The first kappa shape index (κ1) is 33.9. The Bertz CT molecular complexity index is 452. The van der Waals surface area contributed by atoms with Gasteiger partial charge in [0.2, 0.25) is 5.91 Å². The van der Waals surface area contributed by atoms with Gasteiger partial charge in [0.25, 0.3) is 0 Å². The van der Waals surface area contributed by atoms with Gasteiger partial charge in [0.15, 0.2) is 0 Å². The molecule has 1 aliphatic rings. The minimum absolute atomic E-state index is 0. The van der Waals surface area contributed by atoms with E-state index in [9.17, 15) is 9.90 Å². The minimum Gasteiger partial charge on any atom is -0.668 e. The molecule has 28 heavy (non-hydrogen) atoms. The number of unbranched alkanes of at least 4 members (excludes halogenated alkanes) is 1. The van der Waals surface area contributed by atoms with E-state index in [2.05, 4.69) is 69.1 Å². The maximum atomic E-state index is 12.3. The van der Waals surface area contributed by atoms with E-state index >= 15 is 0 Å². The zero-order valence-corrected chi connectivity index (χ0v) is 23.8. The van der Waals surface area contributed by atoms with E-state index in [1.807, 2.05) is 4.90 Å². The molecule has 1 fully saturated rings. The summed E-state index contributed by atoms with van der Waals surface area (Å²) in [6.45, 7) is 22.1. The number of hydrogen-bond acceptors (Lipinski definition) is 3. The van der Waals surface area contributed by atoms with Crippen LogP contribution >= 0.6 is 27.7 Å². The SMILES string of the molecule is C.CC(C)(O)C1SC(C)(C)N(CCCCBr)C1=O.C[Si](C)(C)[N-][Si](C)(C)C.[Li+]. The second kappa shape index (κ2) is 12.9. The van der Waals surface area contributed by atoms with Gasteiger partial charge < -0.3 is 14.7 Å². The van der Waals surface area contributed by atoms with Gasteiger partial charge in [-0.15, -0.1) is 11.8 Å². The van der Waals surface area contributed by atoms with E-state index in [0.717, 1.165) is 24.7 Å². The number of carbonyl (C=O) groups excluding carboxylic acids is 1. The van der Waals surface area contributed by atoms with Gasteiger partial charge in [0.05, 0.1) is 10.5 Å². The number of amides is 1. The minimum atomic E-state index is -1.11. The average Bonchev–Trinajstić information content (AvgIpc) is 2.58. The van der Waals surface area contributed by atoms with Gasteiger partial charge in [-0.2, -0.15) is 0 Å². The summed E-state index contributed by atoms with van der Waals surface area (Å²) >= 11 is 4.96. The van der Waals surface area contributed by atoms with Crippen LogP contribution in [0.5, 0.6) is 0 Å². The van der Waals surface area contributed by atoms with Crippen molar-refractivity contribution in [2.75, 3.05) is 11.9 Å². The van der Waals surface area contributed by atoms with Crippen molar-refractivity contribution in [3.05, 3.63) is 4.65 Å². The molecule has 0 aromatic rings. The molecule has 4 nitrogen and oxygen atoms in total. The molecule has 1 unspecified atom stereocenters. The Morgan fingerprint density at radius 1 is 1.14 bits per heavy atom. The van der Waals surface area contributed by atoms with E-state index in [4.69, 9.17) is 4.65 Å². The summed E-state index contributed by atoms with van der Waals surface area (Å²) in [5.74, 6) is 0.0714. The smallest absolute Gasteiger partial charge is 0.668 e. The van der Waals surface area contributed by atoms with Gasteiger partial charge in [-0.3, -0.25) is 4.79 Å². The summed E-state index contributed by atoms with van der Waals surface area (Å²) < 4.78 is 4.82. The largest absolute Gasteiger partial charge is 1.00 e. The van der Waals surface area contributed by atoms with Crippen molar-refractivity contribution in [3.8, 4) is 0 Å². The van der Waals surface area contributed by atoms with Crippen LogP contribution in [0, 0.1) is 0 Å². The van der Waals surface area contributed by atoms with Crippen LogP contribution in [0.25, 0.3) is 4.65 Å². The monoisotopic (exact) mass is 506 g/mol. The fraction of sp³-hybridized carbons (Fsp3) is 0.947.